The summed E-state index contributed by atoms with van der Waals surface area (Å²) in [7, 11) is 1.81. The second-order valence-corrected chi connectivity index (χ2v) is 7.28. The first-order chi connectivity index (χ1) is 12.5. The fourth-order valence-corrected chi connectivity index (χ4v) is 3.81. The van der Waals surface area contributed by atoms with Crippen LogP contribution in [-0.2, 0) is 23.1 Å². The van der Waals surface area contributed by atoms with E-state index in [1.54, 1.807) is 17.1 Å². The molecule has 2 saturated heterocycles. The molecule has 2 aliphatic rings. The minimum Gasteiger partial charge on any atom is -0.370 e. The first kappa shape index (κ1) is 17.2. The second kappa shape index (κ2) is 6.81. The Labute approximate surface area is 152 Å². The molecular formula is C19H24N4O3. The maximum Gasteiger partial charge on any atom is 0.257 e. The van der Waals surface area contributed by atoms with Gasteiger partial charge < -0.3 is 14.4 Å². The molecule has 0 radical (unpaired) electrons. The molecule has 0 bridgehead atoms. The smallest absolute Gasteiger partial charge is 0.257 e. The lowest BCUT2D eigenvalue weighted by Gasteiger charge is -2.23. The predicted octanol–water partition coefficient (Wildman–Crippen LogP) is 1.71. The Balaban J connectivity index is 1.32. The molecule has 2 aliphatic heterocycles. The summed E-state index contributed by atoms with van der Waals surface area (Å²) in [5.41, 5.74) is 2.28. The fourth-order valence-electron chi connectivity index (χ4n) is 3.81. The van der Waals surface area contributed by atoms with E-state index in [0.29, 0.717) is 31.9 Å². The number of rotatable bonds is 4. The molecule has 1 spiro atoms. The van der Waals surface area contributed by atoms with Gasteiger partial charge in [-0.25, -0.2) is 0 Å². The highest BCUT2D eigenvalue weighted by atomic mass is 16.6. The van der Waals surface area contributed by atoms with Gasteiger partial charge in [-0.05, 0) is 25.5 Å². The van der Waals surface area contributed by atoms with Crippen LogP contribution in [-0.4, -0.2) is 57.0 Å². The number of amides is 1. The highest BCUT2D eigenvalue weighted by Gasteiger charge is 2.47. The van der Waals surface area contributed by atoms with Crippen molar-refractivity contribution >= 4 is 5.91 Å². The summed E-state index contributed by atoms with van der Waals surface area (Å²) in [6.07, 6.45) is 5.08. The van der Waals surface area contributed by atoms with Gasteiger partial charge in [-0.3, -0.25) is 14.5 Å². The second-order valence-electron chi connectivity index (χ2n) is 7.28. The van der Waals surface area contributed by atoms with E-state index in [2.05, 4.69) is 10.1 Å². The number of hydrogen-bond donors (Lipinski definition) is 0. The largest absolute Gasteiger partial charge is 0.370 e. The van der Waals surface area contributed by atoms with E-state index in [0.717, 1.165) is 24.2 Å². The van der Waals surface area contributed by atoms with Gasteiger partial charge in [-0.15, -0.1) is 0 Å². The maximum absolute atomic E-state index is 12.6. The van der Waals surface area contributed by atoms with Crippen molar-refractivity contribution < 1.29 is 14.3 Å². The summed E-state index contributed by atoms with van der Waals surface area (Å²) in [4.78, 5) is 18.9. The van der Waals surface area contributed by atoms with E-state index in [-0.39, 0.29) is 17.6 Å². The predicted molar refractivity (Wildman–Crippen MR) is 94.6 cm³/mol. The van der Waals surface area contributed by atoms with Crippen molar-refractivity contribution in [2.24, 2.45) is 7.05 Å². The molecule has 4 heterocycles. The molecule has 2 aromatic heterocycles. The standard InChI is InChI=1S/C19H24N4O3/c1-14-4-3-5-16(21-14)11-25-17-8-19(26-12-17)6-7-23(13-19)18(24)15-9-20-22(2)10-15/h3-5,9-10,17H,6-8,11-13H2,1-2H3/t17-,19+/m1/s1. The normalized spacial score (nSPS) is 25.3. The van der Waals surface area contributed by atoms with Gasteiger partial charge in [0.15, 0.2) is 0 Å². The van der Waals surface area contributed by atoms with Crippen LogP contribution in [0.3, 0.4) is 0 Å². The molecule has 2 aromatic rings. The van der Waals surface area contributed by atoms with Crippen molar-refractivity contribution in [2.45, 2.75) is 38.1 Å². The number of ether oxygens (including phenoxy) is 2. The van der Waals surface area contributed by atoms with Crippen LogP contribution in [0.4, 0.5) is 0 Å². The van der Waals surface area contributed by atoms with Crippen molar-refractivity contribution in [3.8, 4) is 0 Å². The average Bonchev–Trinajstić information content (AvgIpc) is 3.34. The Morgan fingerprint density at radius 3 is 3.12 bits per heavy atom. The van der Waals surface area contributed by atoms with E-state index in [1.807, 2.05) is 37.1 Å². The quantitative estimate of drug-likeness (QED) is 0.834. The topological polar surface area (TPSA) is 69.5 Å². The summed E-state index contributed by atoms with van der Waals surface area (Å²) in [6, 6.07) is 5.94. The number of hydrogen-bond acceptors (Lipinski definition) is 5. The molecule has 138 valence electrons. The van der Waals surface area contributed by atoms with Crippen molar-refractivity contribution in [1.82, 2.24) is 19.7 Å². The Morgan fingerprint density at radius 1 is 1.46 bits per heavy atom. The van der Waals surface area contributed by atoms with E-state index in [9.17, 15) is 4.79 Å². The zero-order valence-corrected chi connectivity index (χ0v) is 15.2. The zero-order valence-electron chi connectivity index (χ0n) is 15.2. The maximum atomic E-state index is 12.6. The number of carbonyl (C=O) groups excluding carboxylic acids is 1. The van der Waals surface area contributed by atoms with Crippen LogP contribution in [0.15, 0.2) is 30.6 Å². The van der Waals surface area contributed by atoms with E-state index >= 15 is 0 Å². The van der Waals surface area contributed by atoms with Crippen LogP contribution in [0.2, 0.25) is 0 Å². The summed E-state index contributed by atoms with van der Waals surface area (Å²) in [5, 5.41) is 4.08. The van der Waals surface area contributed by atoms with Crippen molar-refractivity contribution in [3.05, 3.63) is 47.5 Å². The third-order valence-corrected chi connectivity index (χ3v) is 5.14. The molecule has 7 heteroatoms. The fraction of sp³-hybridized carbons (Fsp3) is 0.526. The van der Waals surface area contributed by atoms with Gasteiger partial charge >= 0.3 is 0 Å². The lowest BCUT2D eigenvalue weighted by atomic mass is 9.98. The van der Waals surface area contributed by atoms with Gasteiger partial charge in [0, 0.05) is 31.9 Å². The highest BCUT2D eigenvalue weighted by Crippen LogP contribution is 2.36. The highest BCUT2D eigenvalue weighted by molar-refractivity contribution is 5.94. The van der Waals surface area contributed by atoms with Gasteiger partial charge in [0.25, 0.3) is 5.91 Å². The summed E-state index contributed by atoms with van der Waals surface area (Å²) in [5.74, 6) is 0.0203. The van der Waals surface area contributed by atoms with E-state index < -0.39 is 0 Å². The third-order valence-electron chi connectivity index (χ3n) is 5.14. The molecule has 4 rings (SSSR count). The molecule has 2 fully saturated rings. The third kappa shape index (κ3) is 3.50. The van der Waals surface area contributed by atoms with Gasteiger partial charge in [0.05, 0.1) is 48.9 Å². The Hall–Kier alpha value is -2.25. The van der Waals surface area contributed by atoms with Gasteiger partial charge in [-0.2, -0.15) is 5.10 Å². The van der Waals surface area contributed by atoms with Crippen molar-refractivity contribution in [3.63, 3.8) is 0 Å². The Morgan fingerprint density at radius 2 is 2.35 bits per heavy atom. The first-order valence-corrected chi connectivity index (χ1v) is 8.99. The lowest BCUT2D eigenvalue weighted by molar-refractivity contribution is -0.000112. The SMILES string of the molecule is Cc1cccc(CO[C@H]2CO[C@@]3(CCN(C(=O)c4cnn(C)c4)C3)C2)n1. The van der Waals surface area contributed by atoms with Gasteiger partial charge in [0.1, 0.15) is 0 Å². The summed E-state index contributed by atoms with van der Waals surface area (Å²) >= 11 is 0. The van der Waals surface area contributed by atoms with Gasteiger partial charge in [0.2, 0.25) is 0 Å². The average molecular weight is 356 g/mol. The van der Waals surface area contributed by atoms with E-state index in [4.69, 9.17) is 9.47 Å². The summed E-state index contributed by atoms with van der Waals surface area (Å²) in [6.45, 7) is 4.36. The molecule has 0 aliphatic carbocycles. The Bertz CT molecular complexity index is 806. The molecule has 1 amide bonds. The number of aromatic nitrogens is 3. The van der Waals surface area contributed by atoms with Crippen LogP contribution in [0.25, 0.3) is 0 Å². The first-order valence-electron chi connectivity index (χ1n) is 8.99. The summed E-state index contributed by atoms with van der Waals surface area (Å²) < 4.78 is 13.7. The van der Waals surface area contributed by atoms with Crippen LogP contribution in [0.1, 0.15) is 34.6 Å². The molecule has 26 heavy (non-hydrogen) atoms. The number of pyridine rings is 1. The molecule has 0 saturated carbocycles. The zero-order chi connectivity index (χ0) is 18.1. The molecule has 0 aromatic carbocycles. The monoisotopic (exact) mass is 356 g/mol. The van der Waals surface area contributed by atoms with Crippen molar-refractivity contribution in [1.29, 1.82) is 0 Å². The molecule has 7 nitrogen and oxygen atoms in total. The van der Waals surface area contributed by atoms with Crippen LogP contribution >= 0.6 is 0 Å². The lowest BCUT2D eigenvalue weighted by Crippen LogP contribution is -2.36. The molecular weight excluding hydrogens is 332 g/mol. The number of likely N-dealkylation sites (tertiary alicyclic amines) is 1. The molecule has 0 N–H and O–H groups in total. The van der Waals surface area contributed by atoms with Crippen LogP contribution in [0.5, 0.6) is 0 Å². The van der Waals surface area contributed by atoms with Crippen LogP contribution in [0, 0.1) is 6.92 Å². The minimum atomic E-state index is -0.275. The molecule has 2 atom stereocenters. The molecule has 0 unspecified atom stereocenters. The number of nitrogens with zero attached hydrogens (tertiary/aromatic N) is 4. The van der Waals surface area contributed by atoms with Crippen molar-refractivity contribution in [2.75, 3.05) is 19.7 Å². The number of carbonyl (C=O) groups is 1. The van der Waals surface area contributed by atoms with Crippen LogP contribution < -0.4 is 0 Å². The van der Waals surface area contributed by atoms with E-state index in [1.165, 1.54) is 0 Å². The number of aryl methyl sites for hydroxylation is 2. The Kier molecular flexibility index (Phi) is 4.50. The van der Waals surface area contributed by atoms with Gasteiger partial charge in [-0.1, -0.05) is 6.07 Å². The minimum absolute atomic E-state index is 0.0203.